The third-order valence-electron chi connectivity index (χ3n) is 3.90. The van der Waals surface area contributed by atoms with Crippen LogP contribution in [0.2, 0.25) is 0 Å². The zero-order valence-corrected chi connectivity index (χ0v) is 16.0. The number of fused-ring (bicyclic) bond motifs is 1. The van der Waals surface area contributed by atoms with Gasteiger partial charge < -0.3 is 9.73 Å². The summed E-state index contributed by atoms with van der Waals surface area (Å²) in [6, 6.07) is 10.7. The minimum Gasteiger partial charge on any atom is -0.461 e. The van der Waals surface area contributed by atoms with Crippen LogP contribution in [0.15, 0.2) is 57.0 Å². The Labute approximate surface area is 164 Å². The third kappa shape index (κ3) is 3.84. The topological polar surface area (TPSA) is 105 Å². The molecule has 0 saturated carbocycles. The summed E-state index contributed by atoms with van der Waals surface area (Å²) in [5.41, 5.74) is 3.01. The first-order chi connectivity index (χ1) is 13.5. The molecule has 1 aromatic carbocycles. The molecule has 3 heterocycles. The largest absolute Gasteiger partial charge is 0.461 e. The van der Waals surface area contributed by atoms with Gasteiger partial charge in [0.2, 0.25) is 5.91 Å². The van der Waals surface area contributed by atoms with Crippen molar-refractivity contribution in [2.24, 2.45) is 0 Å². The minimum atomic E-state index is -0.299. The molecule has 0 saturated heterocycles. The number of aryl methyl sites for hydroxylation is 2. The van der Waals surface area contributed by atoms with Crippen molar-refractivity contribution in [3.8, 4) is 11.6 Å². The average molecular weight is 395 g/mol. The molecular weight excluding hydrogens is 378 g/mol. The molecule has 0 fully saturated rings. The number of amides is 1. The molecule has 28 heavy (non-hydrogen) atoms. The van der Waals surface area contributed by atoms with Crippen LogP contribution in [0.5, 0.6) is 0 Å². The summed E-state index contributed by atoms with van der Waals surface area (Å²) in [5.74, 6) is 0.784. The van der Waals surface area contributed by atoms with E-state index in [0.717, 1.165) is 16.8 Å². The number of carbonyl (C=O) groups is 1. The zero-order valence-electron chi connectivity index (χ0n) is 15.2. The number of carbonyl (C=O) groups excluding carboxylic acids is 1. The van der Waals surface area contributed by atoms with Gasteiger partial charge in [-0.25, -0.2) is 9.50 Å². The van der Waals surface area contributed by atoms with Crippen molar-refractivity contribution in [3.63, 3.8) is 0 Å². The van der Waals surface area contributed by atoms with E-state index in [9.17, 15) is 9.59 Å². The van der Waals surface area contributed by atoms with Crippen LogP contribution in [0.4, 0.5) is 5.69 Å². The molecular formula is C19H17N5O3S. The van der Waals surface area contributed by atoms with E-state index < -0.39 is 0 Å². The van der Waals surface area contributed by atoms with Gasteiger partial charge in [-0.2, -0.15) is 4.98 Å². The molecule has 0 aliphatic rings. The first kappa shape index (κ1) is 18.1. The predicted molar refractivity (Wildman–Crippen MR) is 107 cm³/mol. The maximum absolute atomic E-state index is 12.4. The number of hydrogen-bond acceptors (Lipinski definition) is 6. The van der Waals surface area contributed by atoms with Crippen LogP contribution in [0.1, 0.15) is 11.1 Å². The molecule has 3 aromatic heterocycles. The van der Waals surface area contributed by atoms with E-state index in [-0.39, 0.29) is 17.2 Å². The molecule has 0 bridgehead atoms. The van der Waals surface area contributed by atoms with Crippen molar-refractivity contribution in [3.05, 3.63) is 64.1 Å². The van der Waals surface area contributed by atoms with Crippen LogP contribution in [-0.2, 0) is 4.79 Å². The molecule has 0 aliphatic heterocycles. The lowest BCUT2D eigenvalue weighted by Crippen LogP contribution is -2.15. The number of rotatable bonds is 5. The van der Waals surface area contributed by atoms with E-state index in [1.165, 1.54) is 28.6 Å². The molecule has 142 valence electrons. The molecule has 0 unspecified atom stereocenters. The molecule has 8 nitrogen and oxygen atoms in total. The fourth-order valence-electron chi connectivity index (χ4n) is 2.87. The lowest BCUT2D eigenvalue weighted by Gasteiger charge is -2.08. The molecule has 9 heteroatoms. The smallest absolute Gasteiger partial charge is 0.266 e. The molecule has 0 spiro atoms. The number of thioether (sulfide) groups is 1. The Kier molecular flexibility index (Phi) is 4.74. The number of nitrogens with one attached hydrogen (secondary N) is 2. The number of hydrogen-bond donors (Lipinski definition) is 2. The summed E-state index contributed by atoms with van der Waals surface area (Å²) in [7, 11) is 0. The standard InChI is InChI=1S/C19H17N5O3S/c1-11-6-12(2)8-13(7-11)20-17(26)10-28-19-22-18(14-4-3-5-27-14)21-15-9-16(25)23-24(15)19/h3-9H,10H2,1-2H3,(H,20,26)(H,23,25). The number of anilines is 1. The van der Waals surface area contributed by atoms with Gasteiger partial charge in [-0.3, -0.25) is 14.7 Å². The number of nitrogens with zero attached hydrogens (tertiary/aromatic N) is 3. The Morgan fingerprint density at radius 1 is 1.21 bits per heavy atom. The second-order valence-corrected chi connectivity index (χ2v) is 7.28. The number of aromatic nitrogens is 4. The van der Waals surface area contributed by atoms with E-state index in [1.807, 2.05) is 32.0 Å². The van der Waals surface area contributed by atoms with Crippen LogP contribution in [0.25, 0.3) is 17.2 Å². The van der Waals surface area contributed by atoms with Crippen molar-refractivity contribution < 1.29 is 9.21 Å². The van der Waals surface area contributed by atoms with Crippen molar-refractivity contribution in [1.82, 2.24) is 19.6 Å². The van der Waals surface area contributed by atoms with Gasteiger partial charge in [0.1, 0.15) is 0 Å². The van der Waals surface area contributed by atoms with Crippen molar-refractivity contribution >= 4 is 29.0 Å². The average Bonchev–Trinajstić information content (AvgIpc) is 3.27. The second-order valence-electron chi connectivity index (χ2n) is 6.33. The molecule has 4 aromatic rings. The quantitative estimate of drug-likeness (QED) is 0.503. The van der Waals surface area contributed by atoms with E-state index in [2.05, 4.69) is 20.4 Å². The first-order valence-electron chi connectivity index (χ1n) is 8.52. The summed E-state index contributed by atoms with van der Waals surface area (Å²) in [6.45, 7) is 3.96. The van der Waals surface area contributed by atoms with Crippen LogP contribution < -0.4 is 10.9 Å². The normalized spacial score (nSPS) is 11.1. The maximum atomic E-state index is 12.4. The van der Waals surface area contributed by atoms with Crippen LogP contribution in [0.3, 0.4) is 0 Å². The Morgan fingerprint density at radius 2 is 2.00 bits per heavy atom. The van der Waals surface area contributed by atoms with Crippen LogP contribution in [-0.4, -0.2) is 31.2 Å². The van der Waals surface area contributed by atoms with E-state index in [1.54, 1.807) is 12.1 Å². The molecule has 0 radical (unpaired) electrons. The lowest BCUT2D eigenvalue weighted by atomic mass is 10.1. The number of aromatic amines is 1. The molecule has 0 atom stereocenters. The highest BCUT2D eigenvalue weighted by molar-refractivity contribution is 7.99. The zero-order chi connectivity index (χ0) is 19.7. The minimum absolute atomic E-state index is 0.122. The summed E-state index contributed by atoms with van der Waals surface area (Å²) in [5, 5.41) is 5.97. The monoisotopic (exact) mass is 395 g/mol. The van der Waals surface area contributed by atoms with Crippen molar-refractivity contribution in [2.75, 3.05) is 11.1 Å². The highest BCUT2D eigenvalue weighted by atomic mass is 32.2. The summed E-state index contributed by atoms with van der Waals surface area (Å²) < 4.78 is 6.81. The van der Waals surface area contributed by atoms with Gasteiger partial charge in [-0.1, -0.05) is 17.8 Å². The predicted octanol–water partition coefficient (Wildman–Crippen LogP) is 3.03. The van der Waals surface area contributed by atoms with Gasteiger partial charge in [0.25, 0.3) is 5.56 Å². The Bertz CT molecular complexity index is 1190. The lowest BCUT2D eigenvalue weighted by molar-refractivity contribution is -0.113. The molecule has 1 amide bonds. The Morgan fingerprint density at radius 3 is 2.71 bits per heavy atom. The molecule has 2 N–H and O–H groups in total. The Hall–Kier alpha value is -3.33. The van der Waals surface area contributed by atoms with E-state index in [0.29, 0.717) is 22.4 Å². The molecule has 4 rings (SSSR count). The number of furan rings is 1. The SMILES string of the molecule is Cc1cc(C)cc(NC(=O)CSc2nc(-c3ccco3)nc3cc(=O)[nH]n23)c1. The first-order valence-corrected chi connectivity index (χ1v) is 9.51. The highest BCUT2D eigenvalue weighted by Crippen LogP contribution is 2.22. The van der Waals surface area contributed by atoms with Gasteiger partial charge in [0.05, 0.1) is 12.0 Å². The fraction of sp³-hybridized carbons (Fsp3) is 0.158. The Balaban J connectivity index is 1.57. The van der Waals surface area contributed by atoms with Gasteiger partial charge in [0, 0.05) is 11.8 Å². The van der Waals surface area contributed by atoms with Crippen molar-refractivity contribution in [1.29, 1.82) is 0 Å². The summed E-state index contributed by atoms with van der Waals surface area (Å²) in [6.07, 6.45) is 1.52. The van der Waals surface area contributed by atoms with Gasteiger partial charge >= 0.3 is 0 Å². The van der Waals surface area contributed by atoms with Crippen molar-refractivity contribution in [2.45, 2.75) is 19.0 Å². The van der Waals surface area contributed by atoms with Crippen LogP contribution >= 0.6 is 11.8 Å². The molecule has 0 aliphatic carbocycles. The fourth-order valence-corrected chi connectivity index (χ4v) is 3.62. The summed E-state index contributed by atoms with van der Waals surface area (Å²) in [4.78, 5) is 32.9. The van der Waals surface area contributed by atoms with E-state index >= 15 is 0 Å². The van der Waals surface area contributed by atoms with Gasteiger partial charge in [-0.15, -0.1) is 0 Å². The number of H-pyrrole nitrogens is 1. The van der Waals surface area contributed by atoms with Gasteiger partial charge in [-0.05, 0) is 49.2 Å². The second kappa shape index (κ2) is 7.35. The van der Waals surface area contributed by atoms with Gasteiger partial charge in [0.15, 0.2) is 22.4 Å². The summed E-state index contributed by atoms with van der Waals surface area (Å²) >= 11 is 1.20. The van der Waals surface area contributed by atoms with Crippen LogP contribution in [0, 0.1) is 13.8 Å². The van der Waals surface area contributed by atoms with E-state index in [4.69, 9.17) is 4.42 Å². The third-order valence-corrected chi connectivity index (χ3v) is 4.84. The number of benzene rings is 1. The highest BCUT2D eigenvalue weighted by Gasteiger charge is 2.14. The maximum Gasteiger partial charge on any atom is 0.266 e.